The van der Waals surface area contributed by atoms with Gasteiger partial charge in [-0.2, -0.15) is 0 Å². The van der Waals surface area contributed by atoms with Crippen LogP contribution in [0.3, 0.4) is 0 Å². The van der Waals surface area contributed by atoms with Crippen LogP contribution in [0.5, 0.6) is 5.75 Å². The standard InChI is InChI=1S/C16H16N2O5S/c1-22-12-6-8-13(9-7-12)24(20,21)18-14-5-3-2-4-11(14)10-15(18)23-16(17)19/h2-9,15H,10H2,1H3,(H2,17,19)/t15-/m1/s1. The third kappa shape index (κ3) is 2.76. The van der Waals surface area contributed by atoms with Crippen molar-refractivity contribution in [3.63, 3.8) is 0 Å². The summed E-state index contributed by atoms with van der Waals surface area (Å²) in [5, 5.41) is 0. The number of ether oxygens (including phenoxy) is 2. The summed E-state index contributed by atoms with van der Waals surface area (Å²) in [7, 11) is -2.43. The van der Waals surface area contributed by atoms with Crippen molar-refractivity contribution in [2.75, 3.05) is 11.4 Å². The molecule has 1 atom stereocenters. The molecule has 0 radical (unpaired) electrons. The monoisotopic (exact) mass is 348 g/mol. The fourth-order valence-corrected chi connectivity index (χ4v) is 4.27. The minimum atomic E-state index is -3.93. The van der Waals surface area contributed by atoms with E-state index >= 15 is 0 Å². The van der Waals surface area contributed by atoms with Crippen molar-refractivity contribution in [3.05, 3.63) is 54.1 Å². The number of amides is 1. The summed E-state index contributed by atoms with van der Waals surface area (Å²) >= 11 is 0. The fraction of sp³-hybridized carbons (Fsp3) is 0.188. The van der Waals surface area contributed by atoms with Crippen LogP contribution < -0.4 is 14.8 Å². The van der Waals surface area contributed by atoms with Gasteiger partial charge in [-0.1, -0.05) is 18.2 Å². The summed E-state index contributed by atoms with van der Waals surface area (Å²) in [5.41, 5.74) is 6.33. The van der Waals surface area contributed by atoms with E-state index in [9.17, 15) is 13.2 Å². The lowest BCUT2D eigenvalue weighted by Crippen LogP contribution is -2.41. The zero-order valence-electron chi connectivity index (χ0n) is 12.9. The third-order valence-corrected chi connectivity index (χ3v) is 5.57. The molecule has 0 aliphatic carbocycles. The topological polar surface area (TPSA) is 98.9 Å². The average molecular weight is 348 g/mol. The summed E-state index contributed by atoms with van der Waals surface area (Å²) in [6.07, 6.45) is -1.79. The molecule has 0 aromatic heterocycles. The van der Waals surface area contributed by atoms with Crippen molar-refractivity contribution < 1.29 is 22.7 Å². The van der Waals surface area contributed by atoms with Gasteiger partial charge in [-0.25, -0.2) is 17.5 Å². The lowest BCUT2D eigenvalue weighted by atomic mass is 10.2. The maximum atomic E-state index is 13.0. The molecular weight excluding hydrogens is 332 g/mol. The van der Waals surface area contributed by atoms with E-state index in [0.717, 1.165) is 9.87 Å². The van der Waals surface area contributed by atoms with Gasteiger partial charge < -0.3 is 15.2 Å². The number of carbonyl (C=O) groups is 1. The van der Waals surface area contributed by atoms with Crippen LogP contribution in [0.4, 0.5) is 10.5 Å². The number of methoxy groups -OCH3 is 1. The van der Waals surface area contributed by atoms with Gasteiger partial charge in [-0.3, -0.25) is 0 Å². The Labute approximate surface area is 139 Å². The molecule has 1 aliphatic rings. The fourth-order valence-electron chi connectivity index (χ4n) is 2.69. The number of benzene rings is 2. The molecule has 1 heterocycles. The molecule has 3 rings (SSSR count). The number of rotatable bonds is 4. The van der Waals surface area contributed by atoms with Crippen molar-refractivity contribution in [1.29, 1.82) is 0 Å². The molecule has 1 amide bonds. The number of para-hydroxylation sites is 1. The van der Waals surface area contributed by atoms with E-state index in [1.807, 2.05) is 0 Å². The molecule has 0 unspecified atom stereocenters. The van der Waals surface area contributed by atoms with Crippen molar-refractivity contribution in [3.8, 4) is 5.75 Å². The van der Waals surface area contributed by atoms with Gasteiger partial charge in [0.05, 0.1) is 17.7 Å². The van der Waals surface area contributed by atoms with Crippen LogP contribution in [0, 0.1) is 0 Å². The van der Waals surface area contributed by atoms with Crippen LogP contribution in [0.1, 0.15) is 5.56 Å². The minimum Gasteiger partial charge on any atom is -0.497 e. The van der Waals surface area contributed by atoms with Gasteiger partial charge in [0.25, 0.3) is 10.0 Å². The second kappa shape index (κ2) is 6.04. The average Bonchev–Trinajstić information content (AvgIpc) is 2.92. The highest BCUT2D eigenvalue weighted by Crippen LogP contribution is 2.37. The van der Waals surface area contributed by atoms with Crippen molar-refractivity contribution >= 4 is 21.8 Å². The van der Waals surface area contributed by atoms with Crippen LogP contribution in [0.25, 0.3) is 0 Å². The van der Waals surface area contributed by atoms with E-state index in [2.05, 4.69) is 0 Å². The highest BCUT2D eigenvalue weighted by molar-refractivity contribution is 7.92. The van der Waals surface area contributed by atoms with E-state index < -0.39 is 22.3 Å². The van der Waals surface area contributed by atoms with Crippen molar-refractivity contribution in [2.45, 2.75) is 17.5 Å². The summed E-state index contributed by atoms with van der Waals surface area (Å²) < 4.78 is 37.2. The second-order valence-electron chi connectivity index (χ2n) is 5.20. The number of nitrogens with zero attached hydrogens (tertiary/aromatic N) is 1. The lowest BCUT2D eigenvalue weighted by molar-refractivity contribution is 0.117. The molecule has 0 saturated heterocycles. The second-order valence-corrected chi connectivity index (χ2v) is 7.02. The molecule has 0 bridgehead atoms. The van der Waals surface area contributed by atoms with Gasteiger partial charge in [0.2, 0.25) is 0 Å². The Hall–Kier alpha value is -2.74. The predicted octanol–water partition coefficient (Wildman–Crippen LogP) is 1.87. The Balaban J connectivity index is 2.06. The van der Waals surface area contributed by atoms with Gasteiger partial charge in [0, 0.05) is 6.42 Å². The van der Waals surface area contributed by atoms with E-state index in [0.29, 0.717) is 11.4 Å². The Kier molecular flexibility index (Phi) is 4.06. The molecule has 126 valence electrons. The van der Waals surface area contributed by atoms with Gasteiger partial charge in [0.1, 0.15) is 5.75 Å². The number of hydrogen-bond acceptors (Lipinski definition) is 5. The number of carbonyl (C=O) groups excluding carboxylic acids is 1. The maximum Gasteiger partial charge on any atom is 0.406 e. The van der Waals surface area contributed by atoms with Gasteiger partial charge in [-0.15, -0.1) is 0 Å². The van der Waals surface area contributed by atoms with Crippen molar-refractivity contribution in [1.82, 2.24) is 0 Å². The first-order valence-electron chi connectivity index (χ1n) is 7.16. The summed E-state index contributed by atoms with van der Waals surface area (Å²) in [6.45, 7) is 0. The zero-order valence-corrected chi connectivity index (χ0v) is 13.7. The Morgan fingerprint density at radius 2 is 1.83 bits per heavy atom. The molecule has 1 aliphatic heterocycles. The Morgan fingerprint density at radius 3 is 2.46 bits per heavy atom. The molecule has 2 aromatic carbocycles. The van der Waals surface area contributed by atoms with Crippen LogP contribution in [0.15, 0.2) is 53.4 Å². The molecule has 24 heavy (non-hydrogen) atoms. The number of sulfonamides is 1. The maximum absolute atomic E-state index is 13.0. The molecule has 2 aromatic rings. The quantitative estimate of drug-likeness (QED) is 0.909. The third-order valence-electron chi connectivity index (χ3n) is 3.75. The number of nitrogens with two attached hydrogens (primary N) is 1. The van der Waals surface area contributed by atoms with Crippen LogP contribution in [-0.4, -0.2) is 27.8 Å². The first-order valence-corrected chi connectivity index (χ1v) is 8.60. The van der Waals surface area contributed by atoms with E-state index in [4.69, 9.17) is 15.2 Å². The molecular formula is C16H16N2O5S. The molecule has 8 heteroatoms. The SMILES string of the molecule is COc1ccc(S(=O)(=O)N2c3ccccc3C[C@H]2OC(N)=O)cc1. The van der Waals surface area contributed by atoms with Crippen molar-refractivity contribution in [2.24, 2.45) is 5.73 Å². The number of anilines is 1. The van der Waals surface area contributed by atoms with E-state index in [-0.39, 0.29) is 11.3 Å². The number of hydrogen-bond donors (Lipinski definition) is 1. The van der Waals surface area contributed by atoms with E-state index in [1.165, 1.54) is 19.2 Å². The van der Waals surface area contributed by atoms with Gasteiger partial charge >= 0.3 is 6.09 Å². The zero-order chi connectivity index (χ0) is 17.3. The molecule has 0 spiro atoms. The Bertz CT molecular complexity index is 864. The minimum absolute atomic E-state index is 0.0677. The number of fused-ring (bicyclic) bond motifs is 1. The smallest absolute Gasteiger partial charge is 0.406 e. The van der Waals surface area contributed by atoms with Crippen LogP contribution >= 0.6 is 0 Å². The van der Waals surface area contributed by atoms with Crippen LogP contribution in [-0.2, 0) is 21.2 Å². The first kappa shape index (κ1) is 16.1. The lowest BCUT2D eigenvalue weighted by Gasteiger charge is -2.26. The summed E-state index contributed by atoms with van der Waals surface area (Å²) in [5.74, 6) is 0.542. The molecule has 0 saturated carbocycles. The molecule has 0 fully saturated rings. The first-order chi connectivity index (χ1) is 11.4. The highest BCUT2D eigenvalue weighted by Gasteiger charge is 2.40. The van der Waals surface area contributed by atoms with E-state index in [1.54, 1.807) is 36.4 Å². The largest absolute Gasteiger partial charge is 0.497 e. The van der Waals surface area contributed by atoms with Gasteiger partial charge in [-0.05, 0) is 35.9 Å². The summed E-state index contributed by atoms with van der Waals surface area (Å²) in [4.78, 5) is 11.2. The summed E-state index contributed by atoms with van der Waals surface area (Å²) in [6, 6.07) is 13.0. The van der Waals surface area contributed by atoms with Crippen LogP contribution in [0.2, 0.25) is 0 Å². The normalized spacial score (nSPS) is 16.5. The molecule has 7 nitrogen and oxygen atoms in total. The Morgan fingerprint density at radius 1 is 1.17 bits per heavy atom. The van der Waals surface area contributed by atoms with Gasteiger partial charge in [0.15, 0.2) is 6.23 Å². The highest BCUT2D eigenvalue weighted by atomic mass is 32.2. The molecule has 2 N–H and O–H groups in total. The number of primary amides is 1. The predicted molar refractivity (Wildman–Crippen MR) is 87.3 cm³/mol.